The third kappa shape index (κ3) is 3.13. The van der Waals surface area contributed by atoms with Gasteiger partial charge in [0.1, 0.15) is 0 Å². The zero-order valence-electron chi connectivity index (χ0n) is 8.81. The average molecular weight is 302 g/mol. The van der Waals surface area contributed by atoms with E-state index in [2.05, 4.69) is 50.4 Å². The Hall–Kier alpha value is -0.720. The molecule has 1 unspecified atom stereocenters. The van der Waals surface area contributed by atoms with E-state index >= 15 is 0 Å². The van der Waals surface area contributed by atoms with Crippen LogP contribution >= 0.6 is 27.3 Å². The maximum Gasteiger partial charge on any atom is 0.227 e. The Morgan fingerprint density at radius 2 is 2.44 bits per heavy atom. The maximum absolute atomic E-state index is 4.92. The number of nitrogens with zero attached hydrogens (tertiary/aromatic N) is 2. The zero-order chi connectivity index (χ0) is 11.4. The van der Waals surface area contributed by atoms with Gasteiger partial charge in [0.05, 0.1) is 3.79 Å². The van der Waals surface area contributed by atoms with Crippen LogP contribution in [0.25, 0.3) is 0 Å². The van der Waals surface area contributed by atoms with Crippen LogP contribution in [0.2, 0.25) is 0 Å². The van der Waals surface area contributed by atoms with Crippen molar-refractivity contribution in [2.75, 3.05) is 6.54 Å². The molecule has 0 aliphatic carbocycles. The van der Waals surface area contributed by atoms with E-state index < -0.39 is 0 Å². The average Bonchev–Trinajstić information content (AvgIpc) is 2.89. The molecule has 2 aromatic heterocycles. The molecule has 1 atom stereocenters. The predicted molar refractivity (Wildman–Crippen MR) is 66.4 cm³/mol. The Bertz CT molecular complexity index is 429. The molecule has 0 saturated heterocycles. The molecule has 0 radical (unpaired) electrons. The van der Waals surface area contributed by atoms with Gasteiger partial charge in [-0.2, -0.15) is 4.98 Å². The number of rotatable bonds is 5. The Balaban J connectivity index is 1.78. The van der Waals surface area contributed by atoms with Crippen LogP contribution < -0.4 is 5.32 Å². The molecule has 0 spiro atoms. The summed E-state index contributed by atoms with van der Waals surface area (Å²) in [6.07, 6.45) is 2.19. The molecule has 86 valence electrons. The predicted octanol–water partition coefficient (Wildman–Crippen LogP) is 2.79. The van der Waals surface area contributed by atoms with Crippen LogP contribution in [0.5, 0.6) is 0 Å². The largest absolute Gasteiger partial charge is 0.340 e. The van der Waals surface area contributed by atoms with Gasteiger partial charge >= 0.3 is 0 Å². The molecule has 0 aliphatic rings. The van der Waals surface area contributed by atoms with Crippen molar-refractivity contribution < 1.29 is 4.52 Å². The molecule has 2 aromatic rings. The molecule has 16 heavy (non-hydrogen) atoms. The summed E-state index contributed by atoms with van der Waals surface area (Å²) in [5.74, 6) is 0.673. The summed E-state index contributed by atoms with van der Waals surface area (Å²) in [5, 5.41) is 6.98. The fourth-order valence-corrected chi connectivity index (χ4v) is 2.81. The first-order valence-corrected chi connectivity index (χ1v) is 6.61. The van der Waals surface area contributed by atoms with Crippen LogP contribution in [0.4, 0.5) is 0 Å². The Labute approximate surface area is 106 Å². The lowest BCUT2D eigenvalue weighted by Crippen LogP contribution is -2.20. The van der Waals surface area contributed by atoms with E-state index in [1.807, 2.05) is 0 Å². The van der Waals surface area contributed by atoms with E-state index in [1.54, 1.807) is 11.3 Å². The van der Waals surface area contributed by atoms with Crippen molar-refractivity contribution in [3.63, 3.8) is 0 Å². The zero-order valence-corrected chi connectivity index (χ0v) is 11.2. The summed E-state index contributed by atoms with van der Waals surface area (Å²) in [6, 6.07) is 4.54. The molecule has 0 aromatic carbocycles. The smallest absolute Gasteiger partial charge is 0.227 e. The van der Waals surface area contributed by atoms with Crippen molar-refractivity contribution in [2.45, 2.75) is 19.4 Å². The van der Waals surface area contributed by atoms with Gasteiger partial charge in [0.25, 0.3) is 0 Å². The fraction of sp³-hybridized carbons (Fsp3) is 0.400. The summed E-state index contributed by atoms with van der Waals surface area (Å²) in [4.78, 5) is 5.28. The molecule has 1 N–H and O–H groups in total. The molecule has 4 nitrogen and oxygen atoms in total. The Morgan fingerprint density at radius 3 is 3.06 bits per heavy atom. The summed E-state index contributed by atoms with van der Waals surface area (Å²) in [6.45, 7) is 2.98. The van der Waals surface area contributed by atoms with Gasteiger partial charge in [-0.25, -0.2) is 0 Å². The van der Waals surface area contributed by atoms with Gasteiger partial charge in [-0.1, -0.05) is 5.16 Å². The molecule has 2 rings (SSSR count). The molecule has 6 heteroatoms. The van der Waals surface area contributed by atoms with Crippen LogP contribution in [-0.4, -0.2) is 16.7 Å². The lowest BCUT2D eigenvalue weighted by Gasteiger charge is -2.10. The van der Waals surface area contributed by atoms with Gasteiger partial charge in [-0.3, -0.25) is 0 Å². The number of aromatic nitrogens is 2. The minimum absolute atomic E-state index is 0.347. The molecule has 0 fully saturated rings. The Kier molecular flexibility index (Phi) is 4.09. The second-order valence-electron chi connectivity index (χ2n) is 3.40. The van der Waals surface area contributed by atoms with Crippen molar-refractivity contribution in [1.82, 2.24) is 15.5 Å². The van der Waals surface area contributed by atoms with Gasteiger partial charge in [-0.15, -0.1) is 11.3 Å². The standard InChI is InChI=1S/C10H12BrN3OS/c1-7(8-2-3-9(11)16-8)12-5-4-10-13-6-14-15-10/h2-3,6-7,12H,4-5H2,1H3. The Morgan fingerprint density at radius 1 is 1.56 bits per heavy atom. The number of hydrogen-bond acceptors (Lipinski definition) is 5. The van der Waals surface area contributed by atoms with Gasteiger partial charge in [0.2, 0.25) is 5.89 Å². The number of nitrogens with one attached hydrogen (secondary N) is 1. The van der Waals surface area contributed by atoms with Crippen molar-refractivity contribution in [3.8, 4) is 0 Å². The molecule has 0 amide bonds. The van der Waals surface area contributed by atoms with Crippen molar-refractivity contribution in [3.05, 3.63) is 33.0 Å². The number of halogens is 1. The van der Waals surface area contributed by atoms with Crippen LogP contribution in [0, 0.1) is 0 Å². The molecular weight excluding hydrogens is 290 g/mol. The summed E-state index contributed by atoms with van der Waals surface area (Å²) in [7, 11) is 0. The van der Waals surface area contributed by atoms with E-state index in [9.17, 15) is 0 Å². The molecule has 2 heterocycles. The quantitative estimate of drug-likeness (QED) is 0.922. The van der Waals surface area contributed by atoms with E-state index in [1.165, 1.54) is 11.2 Å². The second-order valence-corrected chi connectivity index (χ2v) is 5.90. The normalized spacial score (nSPS) is 12.9. The SMILES string of the molecule is CC(NCCc1ncno1)c1ccc(Br)s1. The van der Waals surface area contributed by atoms with Gasteiger partial charge < -0.3 is 9.84 Å². The second kappa shape index (κ2) is 5.56. The highest BCUT2D eigenvalue weighted by atomic mass is 79.9. The third-order valence-corrected chi connectivity index (χ3v) is 4.02. The van der Waals surface area contributed by atoms with E-state index in [0.717, 1.165) is 16.8 Å². The van der Waals surface area contributed by atoms with Crippen molar-refractivity contribution >= 4 is 27.3 Å². The van der Waals surface area contributed by atoms with Crippen molar-refractivity contribution in [2.24, 2.45) is 0 Å². The van der Waals surface area contributed by atoms with Gasteiger partial charge in [0, 0.05) is 23.9 Å². The molecule has 0 bridgehead atoms. The van der Waals surface area contributed by atoms with Gasteiger partial charge in [0.15, 0.2) is 6.33 Å². The minimum atomic E-state index is 0.347. The van der Waals surface area contributed by atoms with Crippen molar-refractivity contribution in [1.29, 1.82) is 0 Å². The molecular formula is C10H12BrN3OS. The summed E-state index contributed by atoms with van der Waals surface area (Å²) >= 11 is 5.20. The van der Waals surface area contributed by atoms with Crippen LogP contribution in [0.3, 0.4) is 0 Å². The minimum Gasteiger partial charge on any atom is -0.340 e. The molecule has 0 aliphatic heterocycles. The van der Waals surface area contributed by atoms with Crippen LogP contribution in [0.15, 0.2) is 26.8 Å². The first-order valence-electron chi connectivity index (χ1n) is 5.00. The van der Waals surface area contributed by atoms with Crippen LogP contribution in [-0.2, 0) is 6.42 Å². The number of thiophene rings is 1. The van der Waals surface area contributed by atoms with E-state index in [0.29, 0.717) is 11.9 Å². The van der Waals surface area contributed by atoms with Crippen LogP contribution in [0.1, 0.15) is 23.7 Å². The third-order valence-electron chi connectivity index (χ3n) is 2.22. The van der Waals surface area contributed by atoms with E-state index in [4.69, 9.17) is 4.52 Å². The van der Waals surface area contributed by atoms with E-state index in [-0.39, 0.29) is 0 Å². The summed E-state index contributed by atoms with van der Waals surface area (Å²) in [5.41, 5.74) is 0. The topological polar surface area (TPSA) is 51.0 Å². The maximum atomic E-state index is 4.92. The summed E-state index contributed by atoms with van der Waals surface area (Å²) < 4.78 is 6.08. The number of hydrogen-bond donors (Lipinski definition) is 1. The monoisotopic (exact) mass is 301 g/mol. The lowest BCUT2D eigenvalue weighted by atomic mass is 10.2. The fourth-order valence-electron chi connectivity index (χ4n) is 1.36. The highest BCUT2D eigenvalue weighted by Gasteiger charge is 2.07. The highest BCUT2D eigenvalue weighted by molar-refractivity contribution is 9.11. The highest BCUT2D eigenvalue weighted by Crippen LogP contribution is 2.26. The van der Waals surface area contributed by atoms with Gasteiger partial charge in [-0.05, 0) is 35.0 Å². The first-order chi connectivity index (χ1) is 7.75. The first kappa shape index (κ1) is 11.8. The molecule has 0 saturated carbocycles. The lowest BCUT2D eigenvalue weighted by molar-refractivity contribution is 0.373.